The van der Waals surface area contributed by atoms with Crippen molar-refractivity contribution in [1.82, 2.24) is 0 Å². The van der Waals surface area contributed by atoms with Gasteiger partial charge in [0.05, 0.1) is 6.61 Å². The van der Waals surface area contributed by atoms with Crippen molar-refractivity contribution < 1.29 is 28.7 Å². The van der Waals surface area contributed by atoms with Gasteiger partial charge >= 0.3 is 23.1 Å². The van der Waals surface area contributed by atoms with Gasteiger partial charge in [-0.25, -0.2) is 0 Å². The van der Waals surface area contributed by atoms with Crippen molar-refractivity contribution >= 4 is 34.7 Å². The second-order valence-corrected chi connectivity index (χ2v) is 4.18. The Balaban J connectivity index is 0.00000162. The van der Waals surface area contributed by atoms with Crippen molar-refractivity contribution in [1.29, 1.82) is 0 Å². The summed E-state index contributed by atoms with van der Waals surface area (Å²) in [5, 5.41) is 0.789. The summed E-state index contributed by atoms with van der Waals surface area (Å²) in [7, 11) is 0. The predicted molar refractivity (Wildman–Crippen MR) is 76.5 cm³/mol. The Morgan fingerprint density at radius 3 is 2.42 bits per heavy atom. The molecule has 2 aromatic rings. The topological polar surface area (TPSA) is 9.23 Å². The van der Waals surface area contributed by atoms with Crippen molar-refractivity contribution in [2.24, 2.45) is 0 Å². The van der Waals surface area contributed by atoms with Crippen LogP contribution in [0.25, 0.3) is 0 Å². The molecule has 0 N–H and O–H groups in total. The zero-order valence-corrected chi connectivity index (χ0v) is 15.2. The van der Waals surface area contributed by atoms with E-state index in [4.69, 9.17) is 16.3 Å². The molecule has 0 saturated heterocycles. The predicted octanol–water partition coefficient (Wildman–Crippen LogP) is 0.753. The molecule has 0 heterocycles. The normalized spacial score (nSPS) is 9.16. The van der Waals surface area contributed by atoms with E-state index in [0.29, 0.717) is 6.61 Å². The van der Waals surface area contributed by atoms with Crippen LogP contribution >= 0.6 is 11.6 Å². The SMILES string of the molecule is CCOc1ccc(Cc2c[c-]ccc2Cl)cc1.[I-].[Mg+2]. The quantitative estimate of drug-likeness (QED) is 0.421. The van der Waals surface area contributed by atoms with Gasteiger partial charge in [0.1, 0.15) is 5.75 Å². The summed E-state index contributed by atoms with van der Waals surface area (Å²) < 4.78 is 5.40. The van der Waals surface area contributed by atoms with Crippen molar-refractivity contribution in [2.45, 2.75) is 13.3 Å². The van der Waals surface area contributed by atoms with Gasteiger partial charge < -0.3 is 28.7 Å². The van der Waals surface area contributed by atoms with E-state index in [-0.39, 0.29) is 47.0 Å². The van der Waals surface area contributed by atoms with Crippen LogP contribution in [0, 0.1) is 6.07 Å². The number of hydrogen-bond acceptors (Lipinski definition) is 1. The number of hydrogen-bond donors (Lipinski definition) is 0. The van der Waals surface area contributed by atoms with Crippen LogP contribution in [0.3, 0.4) is 0 Å². The molecule has 2 aromatic carbocycles. The second-order valence-electron chi connectivity index (χ2n) is 3.77. The van der Waals surface area contributed by atoms with Gasteiger partial charge in [-0.1, -0.05) is 22.7 Å². The molecule has 2 rings (SSSR count). The maximum atomic E-state index is 6.11. The Bertz CT molecular complexity index is 488. The summed E-state index contributed by atoms with van der Waals surface area (Å²) in [5.74, 6) is 0.905. The molecule has 0 radical (unpaired) electrons. The summed E-state index contributed by atoms with van der Waals surface area (Å²) in [6.07, 6.45) is 0.822. The Morgan fingerprint density at radius 2 is 1.84 bits per heavy atom. The Hall–Kier alpha value is 0.0262. The van der Waals surface area contributed by atoms with Gasteiger partial charge in [-0.05, 0) is 25.5 Å². The second kappa shape index (κ2) is 9.86. The van der Waals surface area contributed by atoms with E-state index in [1.54, 1.807) is 0 Å². The van der Waals surface area contributed by atoms with Crippen LogP contribution in [-0.4, -0.2) is 29.7 Å². The monoisotopic (exact) mass is 396 g/mol. The van der Waals surface area contributed by atoms with Crippen LogP contribution in [0.4, 0.5) is 0 Å². The first kappa shape index (κ1) is 19.0. The molecule has 0 saturated carbocycles. The van der Waals surface area contributed by atoms with Crippen LogP contribution < -0.4 is 28.7 Å². The van der Waals surface area contributed by atoms with E-state index in [0.717, 1.165) is 22.8 Å². The zero-order valence-electron chi connectivity index (χ0n) is 10.8. The van der Waals surface area contributed by atoms with E-state index in [1.807, 2.05) is 37.3 Å². The molecular weight excluding hydrogens is 383 g/mol. The molecule has 0 atom stereocenters. The summed E-state index contributed by atoms with van der Waals surface area (Å²) in [4.78, 5) is 0. The molecular formula is C15H14ClIMgO. The first-order valence-corrected chi connectivity index (χ1v) is 6.03. The van der Waals surface area contributed by atoms with Gasteiger partial charge in [0.25, 0.3) is 0 Å². The van der Waals surface area contributed by atoms with Crippen molar-refractivity contribution in [2.75, 3.05) is 6.61 Å². The van der Waals surface area contributed by atoms with Crippen LogP contribution in [0.5, 0.6) is 5.75 Å². The summed E-state index contributed by atoms with van der Waals surface area (Å²) in [5.41, 5.74) is 2.31. The van der Waals surface area contributed by atoms with Crippen molar-refractivity contribution in [3.8, 4) is 5.75 Å². The number of ether oxygens (including phenoxy) is 1. The minimum Gasteiger partial charge on any atom is -1.00 e. The largest absolute Gasteiger partial charge is 2.00 e. The van der Waals surface area contributed by atoms with Gasteiger partial charge in [-0.15, -0.1) is 17.2 Å². The first-order valence-electron chi connectivity index (χ1n) is 5.66. The summed E-state index contributed by atoms with van der Waals surface area (Å²) in [6.45, 7) is 2.67. The third-order valence-electron chi connectivity index (χ3n) is 2.52. The van der Waals surface area contributed by atoms with E-state index in [2.05, 4.69) is 18.2 Å². The third-order valence-corrected chi connectivity index (χ3v) is 2.89. The summed E-state index contributed by atoms with van der Waals surface area (Å²) >= 11 is 6.11. The minimum absolute atomic E-state index is 0. The molecule has 4 heteroatoms. The Labute approximate surface area is 152 Å². The fourth-order valence-electron chi connectivity index (χ4n) is 1.67. The van der Waals surface area contributed by atoms with Gasteiger partial charge in [0.15, 0.2) is 0 Å². The molecule has 0 unspecified atom stereocenters. The Kier molecular flexibility index (Phi) is 9.87. The van der Waals surface area contributed by atoms with E-state index in [9.17, 15) is 0 Å². The molecule has 96 valence electrons. The van der Waals surface area contributed by atoms with E-state index in [1.165, 1.54) is 5.56 Å². The minimum atomic E-state index is 0. The maximum Gasteiger partial charge on any atom is 2.00 e. The first-order chi connectivity index (χ1) is 8.29. The Morgan fingerprint density at radius 1 is 1.16 bits per heavy atom. The average Bonchev–Trinajstić information content (AvgIpc) is 2.35. The van der Waals surface area contributed by atoms with Crippen molar-refractivity contribution in [3.05, 3.63) is 64.7 Å². The zero-order chi connectivity index (χ0) is 12.1. The maximum absolute atomic E-state index is 6.11. The third kappa shape index (κ3) is 5.89. The molecule has 0 spiro atoms. The molecule has 0 aliphatic carbocycles. The molecule has 0 bridgehead atoms. The molecule has 0 aromatic heterocycles. The van der Waals surface area contributed by atoms with Crippen molar-refractivity contribution in [3.63, 3.8) is 0 Å². The molecule has 0 aliphatic heterocycles. The van der Waals surface area contributed by atoms with Crippen LogP contribution in [0.15, 0.2) is 42.5 Å². The van der Waals surface area contributed by atoms with Gasteiger partial charge in [0, 0.05) is 0 Å². The van der Waals surface area contributed by atoms with E-state index < -0.39 is 0 Å². The number of halogens is 2. The van der Waals surface area contributed by atoms with Gasteiger partial charge in [-0.3, -0.25) is 0 Å². The standard InChI is InChI=1S/C15H14ClO.HI.Mg/c1-2-17-14-9-7-12(8-10-14)11-13-5-3-4-6-15(13)16;;/h4-10H,2,11H2,1H3;1H;/q-1;;+2/p-1. The fraction of sp³-hybridized carbons (Fsp3) is 0.200. The molecule has 0 amide bonds. The summed E-state index contributed by atoms with van der Waals surface area (Å²) in [6, 6.07) is 16.8. The van der Waals surface area contributed by atoms with Gasteiger partial charge in [-0.2, -0.15) is 24.3 Å². The van der Waals surface area contributed by atoms with Crippen LogP contribution in [0.1, 0.15) is 18.1 Å². The number of rotatable bonds is 4. The fourth-order valence-corrected chi connectivity index (χ4v) is 1.86. The van der Waals surface area contributed by atoms with Crippen LogP contribution in [-0.2, 0) is 6.42 Å². The average molecular weight is 397 g/mol. The molecule has 0 fully saturated rings. The smallest absolute Gasteiger partial charge is 1.00 e. The van der Waals surface area contributed by atoms with Gasteiger partial charge in [0.2, 0.25) is 0 Å². The van der Waals surface area contributed by atoms with E-state index >= 15 is 0 Å². The number of benzene rings is 2. The molecule has 0 aliphatic rings. The molecule has 1 nitrogen and oxygen atoms in total. The molecule has 19 heavy (non-hydrogen) atoms. The van der Waals surface area contributed by atoms with Crippen LogP contribution in [0.2, 0.25) is 5.02 Å².